The number of rotatable bonds is 1. The lowest BCUT2D eigenvalue weighted by atomic mass is 10.1. The summed E-state index contributed by atoms with van der Waals surface area (Å²) in [6.45, 7) is 1.14. The van der Waals surface area contributed by atoms with Crippen molar-refractivity contribution in [3.05, 3.63) is 23.8 Å². The fraction of sp³-hybridized carbons (Fsp3) is 0.500. The van der Waals surface area contributed by atoms with Crippen LogP contribution in [0.4, 0.5) is 11.4 Å². The maximum atomic E-state index is 11.4. The average molecular weight is 244 g/mol. The Morgan fingerprint density at radius 1 is 1.33 bits per heavy atom. The van der Waals surface area contributed by atoms with Crippen molar-refractivity contribution in [3.63, 3.8) is 0 Å². The molecule has 4 nitrogen and oxygen atoms in total. The fourth-order valence-corrected chi connectivity index (χ4v) is 3.65. The Morgan fingerprint density at radius 2 is 2.22 bits per heavy atom. The monoisotopic (exact) mass is 244 g/mol. The first-order valence-electron chi connectivity index (χ1n) is 6.62. The molecule has 18 heavy (non-hydrogen) atoms. The van der Waals surface area contributed by atoms with E-state index < -0.39 is 6.10 Å². The van der Waals surface area contributed by atoms with Gasteiger partial charge in [0.2, 0.25) is 0 Å². The van der Waals surface area contributed by atoms with Crippen LogP contribution in [0.5, 0.6) is 0 Å². The van der Waals surface area contributed by atoms with Gasteiger partial charge in [0.1, 0.15) is 0 Å². The van der Waals surface area contributed by atoms with Gasteiger partial charge in [0, 0.05) is 29.5 Å². The van der Waals surface area contributed by atoms with Gasteiger partial charge < -0.3 is 15.3 Å². The van der Waals surface area contributed by atoms with Crippen molar-refractivity contribution in [2.24, 2.45) is 5.92 Å². The molecular weight excluding hydrogens is 228 g/mol. The van der Waals surface area contributed by atoms with Crippen LogP contribution in [0.1, 0.15) is 30.9 Å². The summed E-state index contributed by atoms with van der Waals surface area (Å²) in [7, 11) is 0. The second-order valence-electron chi connectivity index (χ2n) is 5.65. The van der Waals surface area contributed by atoms with Crippen LogP contribution in [0, 0.1) is 5.92 Å². The molecule has 1 saturated heterocycles. The molecule has 1 saturated carbocycles. The van der Waals surface area contributed by atoms with Crippen molar-refractivity contribution in [1.29, 1.82) is 0 Å². The molecule has 3 unspecified atom stereocenters. The summed E-state index contributed by atoms with van der Waals surface area (Å²) in [6, 6.07) is 6.59. The van der Waals surface area contributed by atoms with Crippen LogP contribution >= 0.6 is 0 Å². The number of aliphatic hydroxyl groups excluding tert-OH is 1. The van der Waals surface area contributed by atoms with Gasteiger partial charge in [0.15, 0.2) is 6.10 Å². The summed E-state index contributed by atoms with van der Waals surface area (Å²) in [4.78, 5) is 13.9. The number of carbonyl (C=O) groups excluding carboxylic acids is 1. The van der Waals surface area contributed by atoms with Crippen LogP contribution in [0.25, 0.3) is 0 Å². The molecule has 2 fully saturated rings. The van der Waals surface area contributed by atoms with Crippen molar-refractivity contribution in [2.45, 2.75) is 31.4 Å². The minimum atomic E-state index is -0.996. The molecule has 3 atom stereocenters. The summed E-state index contributed by atoms with van der Waals surface area (Å²) >= 11 is 0. The molecule has 3 aliphatic rings. The number of hydrogen-bond acceptors (Lipinski definition) is 3. The van der Waals surface area contributed by atoms with Crippen LogP contribution in [-0.2, 0) is 4.79 Å². The molecule has 4 heteroatoms. The van der Waals surface area contributed by atoms with Crippen LogP contribution in [0.2, 0.25) is 0 Å². The second kappa shape index (κ2) is 3.48. The molecule has 1 amide bonds. The first-order chi connectivity index (χ1) is 8.72. The SMILES string of the molecule is O=C1Nc2cc(N3CC4CCC3C4)ccc2C1O. The molecule has 1 aromatic rings. The largest absolute Gasteiger partial charge is 0.378 e. The van der Waals surface area contributed by atoms with Crippen LogP contribution in [0.3, 0.4) is 0 Å². The minimum absolute atomic E-state index is 0.315. The van der Waals surface area contributed by atoms with Gasteiger partial charge in [-0.3, -0.25) is 4.79 Å². The first kappa shape index (κ1) is 10.4. The third-order valence-electron chi connectivity index (χ3n) is 4.58. The van der Waals surface area contributed by atoms with Gasteiger partial charge in [-0.25, -0.2) is 0 Å². The Kier molecular flexibility index (Phi) is 2.01. The van der Waals surface area contributed by atoms with Crippen LogP contribution < -0.4 is 10.2 Å². The molecule has 0 spiro atoms. The topological polar surface area (TPSA) is 52.6 Å². The predicted molar refractivity (Wildman–Crippen MR) is 68.5 cm³/mol. The number of anilines is 2. The lowest BCUT2D eigenvalue weighted by molar-refractivity contribution is -0.123. The maximum Gasteiger partial charge on any atom is 0.257 e. The van der Waals surface area contributed by atoms with Crippen molar-refractivity contribution < 1.29 is 9.90 Å². The number of fused-ring (bicyclic) bond motifs is 3. The third-order valence-corrected chi connectivity index (χ3v) is 4.58. The van der Waals surface area contributed by atoms with Gasteiger partial charge in [0.05, 0.1) is 0 Å². The van der Waals surface area contributed by atoms with E-state index in [1.54, 1.807) is 0 Å². The zero-order valence-corrected chi connectivity index (χ0v) is 10.1. The van der Waals surface area contributed by atoms with E-state index in [1.165, 1.54) is 24.9 Å². The second-order valence-corrected chi connectivity index (χ2v) is 5.65. The predicted octanol–water partition coefficient (Wildman–Crippen LogP) is 1.66. The Morgan fingerprint density at radius 3 is 2.94 bits per heavy atom. The van der Waals surface area contributed by atoms with E-state index in [0.717, 1.165) is 18.2 Å². The van der Waals surface area contributed by atoms with E-state index in [0.29, 0.717) is 11.6 Å². The highest BCUT2D eigenvalue weighted by atomic mass is 16.3. The Balaban J connectivity index is 1.68. The number of piperidine rings is 1. The molecule has 0 radical (unpaired) electrons. The van der Waals surface area contributed by atoms with E-state index in [2.05, 4.69) is 10.2 Å². The summed E-state index contributed by atoms with van der Waals surface area (Å²) in [5.74, 6) is 0.536. The molecule has 2 bridgehead atoms. The third kappa shape index (κ3) is 1.32. The lowest BCUT2D eigenvalue weighted by Crippen LogP contribution is -2.31. The summed E-state index contributed by atoms with van der Waals surface area (Å²) in [5, 5.41) is 12.4. The standard InChI is InChI=1S/C14H16N2O2/c17-13-11-4-3-10(6-12(11)15-14(13)18)16-7-8-1-2-9(16)5-8/h3-4,6,8-9,13,17H,1-2,5,7H2,(H,15,18). The zero-order valence-electron chi connectivity index (χ0n) is 10.1. The van der Waals surface area contributed by atoms with E-state index in [9.17, 15) is 9.90 Å². The smallest absolute Gasteiger partial charge is 0.257 e. The van der Waals surface area contributed by atoms with Crippen molar-refractivity contribution in [1.82, 2.24) is 0 Å². The molecule has 4 rings (SSSR count). The normalized spacial score (nSPS) is 32.8. The van der Waals surface area contributed by atoms with Gasteiger partial charge in [-0.15, -0.1) is 0 Å². The van der Waals surface area contributed by atoms with Crippen LogP contribution in [0.15, 0.2) is 18.2 Å². The number of nitrogens with zero attached hydrogens (tertiary/aromatic N) is 1. The highest BCUT2D eigenvalue weighted by molar-refractivity contribution is 6.02. The Hall–Kier alpha value is -1.55. The molecule has 2 N–H and O–H groups in total. The minimum Gasteiger partial charge on any atom is -0.378 e. The molecule has 2 aliphatic heterocycles. The Bertz CT molecular complexity index is 529. The number of aliphatic hydroxyl groups is 1. The quantitative estimate of drug-likeness (QED) is 0.790. The number of hydrogen-bond donors (Lipinski definition) is 2. The van der Waals surface area contributed by atoms with Gasteiger partial charge in [-0.05, 0) is 37.3 Å². The van der Waals surface area contributed by atoms with Crippen LogP contribution in [-0.4, -0.2) is 23.6 Å². The highest BCUT2D eigenvalue weighted by Gasteiger charge is 2.38. The molecule has 0 aromatic heterocycles. The maximum absolute atomic E-state index is 11.4. The fourth-order valence-electron chi connectivity index (χ4n) is 3.65. The first-order valence-corrected chi connectivity index (χ1v) is 6.62. The van der Waals surface area contributed by atoms with Crippen molar-refractivity contribution in [2.75, 3.05) is 16.8 Å². The number of carbonyl (C=O) groups is 1. The molecule has 94 valence electrons. The van der Waals surface area contributed by atoms with Crippen molar-refractivity contribution in [3.8, 4) is 0 Å². The van der Waals surface area contributed by atoms with E-state index >= 15 is 0 Å². The lowest BCUT2D eigenvalue weighted by Gasteiger charge is -2.29. The summed E-state index contributed by atoms with van der Waals surface area (Å²) < 4.78 is 0. The van der Waals surface area contributed by atoms with Gasteiger partial charge in [-0.2, -0.15) is 0 Å². The van der Waals surface area contributed by atoms with E-state index in [4.69, 9.17) is 0 Å². The summed E-state index contributed by atoms with van der Waals surface area (Å²) in [5.41, 5.74) is 2.65. The highest BCUT2D eigenvalue weighted by Crippen LogP contribution is 2.42. The van der Waals surface area contributed by atoms with E-state index in [-0.39, 0.29) is 5.91 Å². The molecular formula is C14H16N2O2. The summed E-state index contributed by atoms with van der Waals surface area (Å²) in [6.07, 6.45) is 2.97. The zero-order chi connectivity index (χ0) is 12.3. The average Bonchev–Trinajstić information content (AvgIpc) is 3.05. The number of benzene rings is 1. The molecule has 2 heterocycles. The van der Waals surface area contributed by atoms with Gasteiger partial charge >= 0.3 is 0 Å². The van der Waals surface area contributed by atoms with E-state index in [1.807, 2.05) is 18.2 Å². The number of nitrogens with one attached hydrogen (secondary N) is 1. The van der Waals surface area contributed by atoms with Crippen molar-refractivity contribution >= 4 is 17.3 Å². The number of amides is 1. The van der Waals surface area contributed by atoms with Gasteiger partial charge in [0.25, 0.3) is 5.91 Å². The Labute approximate surface area is 106 Å². The van der Waals surface area contributed by atoms with Gasteiger partial charge in [-0.1, -0.05) is 6.07 Å². The molecule has 1 aliphatic carbocycles. The molecule has 1 aromatic carbocycles.